The number of fused-ring (bicyclic) bond motifs is 1. The molecule has 1 amide bonds. The Morgan fingerprint density at radius 3 is 2.74 bits per heavy atom. The van der Waals surface area contributed by atoms with Gasteiger partial charge in [-0.3, -0.25) is 14.0 Å². The average molecular weight is 380 g/mol. The van der Waals surface area contributed by atoms with Crippen LogP contribution in [0.3, 0.4) is 0 Å². The molecule has 1 unspecified atom stereocenters. The molecule has 3 aromatic heterocycles. The third kappa shape index (κ3) is 3.02. The number of carbonyl (C=O) groups is 1. The molecule has 1 atom stereocenters. The van der Waals surface area contributed by atoms with Gasteiger partial charge in [-0.1, -0.05) is 12.1 Å². The van der Waals surface area contributed by atoms with E-state index in [4.69, 9.17) is 0 Å². The molecule has 0 aliphatic rings. The molecule has 27 heavy (non-hydrogen) atoms. The largest absolute Gasteiger partial charge is 0.335 e. The highest BCUT2D eigenvalue weighted by molar-refractivity contribution is 7.15. The summed E-state index contributed by atoms with van der Waals surface area (Å²) < 4.78 is 3.05. The fraction of sp³-hybridized carbons (Fsp3) is 0.167. The SMILES string of the molecule is CC(c1ccc(-n2cncn2)cc1)N(C)C(=O)c1cnc2sccn2c1=O. The van der Waals surface area contributed by atoms with Gasteiger partial charge in [-0.2, -0.15) is 5.10 Å². The van der Waals surface area contributed by atoms with Gasteiger partial charge in [0.15, 0.2) is 4.96 Å². The lowest BCUT2D eigenvalue weighted by Gasteiger charge is -2.25. The molecule has 3 heterocycles. The predicted octanol–water partition coefficient (Wildman–Crippen LogP) is 2.17. The summed E-state index contributed by atoms with van der Waals surface area (Å²) in [4.78, 5) is 35.6. The van der Waals surface area contributed by atoms with Crippen LogP contribution in [0.4, 0.5) is 0 Å². The molecule has 1 aromatic carbocycles. The third-order valence-corrected chi connectivity index (χ3v) is 5.30. The molecule has 0 bridgehead atoms. The molecule has 0 aliphatic carbocycles. The molecule has 0 saturated heterocycles. The Kier molecular flexibility index (Phi) is 4.28. The molecule has 0 spiro atoms. The lowest BCUT2D eigenvalue weighted by Crippen LogP contribution is -2.34. The van der Waals surface area contributed by atoms with Gasteiger partial charge in [-0.05, 0) is 24.6 Å². The fourth-order valence-electron chi connectivity index (χ4n) is 2.81. The standard InChI is InChI=1S/C18H16N6O2S/c1-12(13-3-5-14(6-4-13)24-11-19-10-21-24)22(2)16(25)15-9-20-18-23(17(15)26)7-8-27-18/h3-12H,1-2H3. The zero-order valence-corrected chi connectivity index (χ0v) is 15.5. The summed E-state index contributed by atoms with van der Waals surface area (Å²) >= 11 is 1.35. The van der Waals surface area contributed by atoms with Gasteiger partial charge < -0.3 is 4.90 Å². The Hall–Kier alpha value is -3.33. The van der Waals surface area contributed by atoms with E-state index in [9.17, 15) is 9.59 Å². The number of carbonyl (C=O) groups excluding carboxylic acids is 1. The first-order valence-corrected chi connectivity index (χ1v) is 9.11. The number of hydrogen-bond acceptors (Lipinski definition) is 6. The first-order chi connectivity index (χ1) is 13.1. The van der Waals surface area contributed by atoms with Crippen molar-refractivity contribution in [3.8, 4) is 5.69 Å². The van der Waals surface area contributed by atoms with Crippen LogP contribution in [-0.2, 0) is 0 Å². The van der Waals surface area contributed by atoms with Crippen molar-refractivity contribution >= 4 is 22.2 Å². The van der Waals surface area contributed by atoms with E-state index in [2.05, 4.69) is 15.1 Å². The van der Waals surface area contributed by atoms with Crippen molar-refractivity contribution in [1.29, 1.82) is 0 Å². The quantitative estimate of drug-likeness (QED) is 0.542. The van der Waals surface area contributed by atoms with E-state index >= 15 is 0 Å². The number of nitrogens with zero attached hydrogens (tertiary/aromatic N) is 6. The number of amides is 1. The molecule has 8 nitrogen and oxygen atoms in total. The summed E-state index contributed by atoms with van der Waals surface area (Å²) in [6.07, 6.45) is 6.07. The van der Waals surface area contributed by atoms with E-state index < -0.39 is 0 Å². The molecule has 9 heteroatoms. The number of thiazole rings is 1. The molecule has 4 aromatic rings. The number of hydrogen-bond donors (Lipinski definition) is 0. The van der Waals surface area contributed by atoms with Crippen molar-refractivity contribution in [3.05, 3.63) is 76.2 Å². The second kappa shape index (κ2) is 6.76. The van der Waals surface area contributed by atoms with Crippen molar-refractivity contribution in [2.24, 2.45) is 0 Å². The minimum absolute atomic E-state index is 0.0551. The highest BCUT2D eigenvalue weighted by Crippen LogP contribution is 2.21. The molecular formula is C18H16N6O2S. The second-order valence-corrected chi connectivity index (χ2v) is 6.93. The Labute approximate surface area is 158 Å². The van der Waals surface area contributed by atoms with Gasteiger partial charge >= 0.3 is 0 Å². The summed E-state index contributed by atoms with van der Waals surface area (Å²) in [5.41, 5.74) is 1.52. The monoisotopic (exact) mass is 380 g/mol. The summed E-state index contributed by atoms with van der Waals surface area (Å²) in [5, 5.41) is 5.86. The molecule has 136 valence electrons. The summed E-state index contributed by atoms with van der Waals surface area (Å²) in [6.45, 7) is 1.91. The molecular weight excluding hydrogens is 364 g/mol. The van der Waals surface area contributed by atoms with Gasteiger partial charge in [0.05, 0.1) is 11.7 Å². The van der Waals surface area contributed by atoms with Gasteiger partial charge in [-0.25, -0.2) is 14.6 Å². The van der Waals surface area contributed by atoms with E-state index in [-0.39, 0.29) is 23.1 Å². The topological polar surface area (TPSA) is 85.4 Å². The van der Waals surface area contributed by atoms with E-state index in [1.165, 1.54) is 28.3 Å². The molecule has 0 fully saturated rings. The Morgan fingerprint density at radius 2 is 2.04 bits per heavy atom. The first-order valence-electron chi connectivity index (χ1n) is 8.23. The highest BCUT2D eigenvalue weighted by atomic mass is 32.1. The lowest BCUT2D eigenvalue weighted by atomic mass is 10.1. The van der Waals surface area contributed by atoms with E-state index in [0.29, 0.717) is 4.96 Å². The second-order valence-electron chi connectivity index (χ2n) is 6.06. The number of aromatic nitrogens is 5. The molecule has 0 N–H and O–H groups in total. The van der Waals surface area contributed by atoms with Crippen LogP contribution in [0.5, 0.6) is 0 Å². The minimum atomic E-state index is -0.360. The average Bonchev–Trinajstić information content (AvgIpc) is 3.39. The van der Waals surface area contributed by atoms with Crippen molar-refractivity contribution in [3.63, 3.8) is 0 Å². The van der Waals surface area contributed by atoms with Crippen LogP contribution in [-0.4, -0.2) is 42.0 Å². The fourth-order valence-corrected chi connectivity index (χ4v) is 3.48. The van der Waals surface area contributed by atoms with Gasteiger partial charge in [0, 0.05) is 24.8 Å². The van der Waals surface area contributed by atoms with Crippen LogP contribution in [0.25, 0.3) is 10.6 Å². The summed E-state index contributed by atoms with van der Waals surface area (Å²) in [5.74, 6) is -0.360. The Morgan fingerprint density at radius 1 is 1.26 bits per heavy atom. The van der Waals surface area contributed by atoms with Crippen molar-refractivity contribution in [1.82, 2.24) is 29.0 Å². The molecule has 0 radical (unpaired) electrons. The normalized spacial score (nSPS) is 12.2. The third-order valence-electron chi connectivity index (χ3n) is 4.53. The zero-order valence-electron chi connectivity index (χ0n) is 14.7. The molecule has 0 saturated carbocycles. The van der Waals surface area contributed by atoms with Crippen LogP contribution in [0.15, 0.2) is 59.5 Å². The van der Waals surface area contributed by atoms with E-state index in [0.717, 1.165) is 11.3 Å². The minimum Gasteiger partial charge on any atom is -0.335 e. The van der Waals surface area contributed by atoms with Crippen LogP contribution in [0.2, 0.25) is 0 Å². The van der Waals surface area contributed by atoms with Crippen molar-refractivity contribution < 1.29 is 4.79 Å². The van der Waals surface area contributed by atoms with Gasteiger partial charge in [0.2, 0.25) is 0 Å². The van der Waals surface area contributed by atoms with Crippen LogP contribution >= 0.6 is 11.3 Å². The van der Waals surface area contributed by atoms with Crippen molar-refractivity contribution in [2.45, 2.75) is 13.0 Å². The Bertz CT molecular complexity index is 1150. The Balaban J connectivity index is 1.59. The molecule has 0 aliphatic heterocycles. The number of benzene rings is 1. The van der Waals surface area contributed by atoms with Gasteiger partial charge in [-0.15, -0.1) is 11.3 Å². The van der Waals surface area contributed by atoms with Crippen LogP contribution < -0.4 is 5.56 Å². The van der Waals surface area contributed by atoms with Gasteiger partial charge in [0.1, 0.15) is 18.2 Å². The maximum Gasteiger partial charge on any atom is 0.271 e. The smallest absolute Gasteiger partial charge is 0.271 e. The summed E-state index contributed by atoms with van der Waals surface area (Å²) in [7, 11) is 1.68. The first kappa shape index (κ1) is 17.1. The number of rotatable bonds is 4. The van der Waals surface area contributed by atoms with Gasteiger partial charge in [0.25, 0.3) is 11.5 Å². The zero-order chi connectivity index (χ0) is 19.0. The van der Waals surface area contributed by atoms with Crippen LogP contribution in [0, 0.1) is 0 Å². The predicted molar refractivity (Wildman–Crippen MR) is 101 cm³/mol. The highest BCUT2D eigenvalue weighted by Gasteiger charge is 2.22. The maximum atomic E-state index is 12.9. The molecule has 4 rings (SSSR count). The van der Waals surface area contributed by atoms with Crippen molar-refractivity contribution in [2.75, 3.05) is 7.05 Å². The summed E-state index contributed by atoms with van der Waals surface area (Å²) in [6, 6.07) is 7.46. The maximum absolute atomic E-state index is 12.9. The van der Waals surface area contributed by atoms with Crippen LogP contribution in [0.1, 0.15) is 28.9 Å². The van der Waals surface area contributed by atoms with E-state index in [1.54, 1.807) is 34.5 Å². The van der Waals surface area contributed by atoms with E-state index in [1.807, 2.05) is 31.2 Å². The lowest BCUT2D eigenvalue weighted by molar-refractivity contribution is 0.0740.